The summed E-state index contributed by atoms with van der Waals surface area (Å²) in [6.45, 7) is 23.8. The van der Waals surface area contributed by atoms with Gasteiger partial charge in [0.05, 0.1) is 43.4 Å². The molecule has 0 radical (unpaired) electrons. The molecule has 1 aliphatic heterocycles. The predicted octanol–water partition coefficient (Wildman–Crippen LogP) is 12.5. The maximum Gasteiger partial charge on any atom is 1.00 e. The zero-order chi connectivity index (χ0) is 67.1. The number of hydrogen-bond donors (Lipinski definition) is 2. The molecule has 0 unspecified atom stereocenters. The minimum Gasteiger partial charge on any atom is -0.550 e. The molecule has 90 heavy (non-hydrogen) atoms. The number of aromatic nitrogens is 2. The standard InChI is InChI=1S/C15H14O3.C14H9F3N2O3S.C13H10N2O.C11H7ClO.C5H8O4.5C2H6.K/c1-2-18-15(17)10-14(16)13-8-7-11-5-3-4-6-12(11)9-13;15-14(16,17)23(20,21)22-13-8-12(18-19-13)11-6-5-9-3-1-2-4-10(9)7-11;16-13-8-12(14-15-13)11-6-5-9-3-1-2-4-10(9)7-11;12-11(13)10-6-5-8-3-1-2-4-9(8)7-10;1-2-9-5(8)3-4(6)7;5*1-2;/h3-9H,2,10H2,1H3;1-8H,(H,18,19);1-7H,8H2,(H,15,16);1-7H;2-3H2,1H3,(H,6,7);5*1-2H3;/q;;;;;;;;;;+1/p-1. The number of carbonyl (C=O) groups excluding carboxylic acids is 6. The Balaban J connectivity index is 0.00000108. The smallest absolute Gasteiger partial charge is 0.550 e. The number of aromatic amines is 1. The second-order valence-electron chi connectivity index (χ2n) is 16.7. The van der Waals surface area contributed by atoms with E-state index in [1.165, 1.54) is 10.8 Å². The zero-order valence-corrected chi connectivity index (χ0v) is 57.7. The maximum atomic E-state index is 12.3. The normalized spacial score (nSPS) is 10.6. The Kier molecular flexibility index (Phi) is 41.0. The van der Waals surface area contributed by atoms with Crippen LogP contribution in [0.4, 0.5) is 13.2 Å². The van der Waals surface area contributed by atoms with Crippen molar-refractivity contribution in [2.45, 2.75) is 108 Å². The average molecular weight is 1310 g/mol. The fraction of sp³-hybridized carbons (Fsp3) is 0.265. The maximum absolute atomic E-state index is 12.3. The quantitative estimate of drug-likeness (QED) is 0.0220. The summed E-state index contributed by atoms with van der Waals surface area (Å²) in [6.07, 6.45) is -0.488. The van der Waals surface area contributed by atoms with Crippen molar-refractivity contribution in [1.82, 2.24) is 15.6 Å². The Morgan fingerprint density at radius 1 is 0.544 bits per heavy atom. The first-order valence-electron chi connectivity index (χ1n) is 28.8. The predicted molar refractivity (Wildman–Crippen MR) is 347 cm³/mol. The second-order valence-corrected chi connectivity index (χ2v) is 18.5. The van der Waals surface area contributed by atoms with Gasteiger partial charge in [-0.05, 0) is 104 Å². The van der Waals surface area contributed by atoms with Crippen molar-refractivity contribution in [2.24, 2.45) is 5.10 Å². The number of halogens is 4. The summed E-state index contributed by atoms with van der Waals surface area (Å²) in [5.41, 5.74) is 0.843. The van der Waals surface area contributed by atoms with Gasteiger partial charge < -0.3 is 23.6 Å². The van der Waals surface area contributed by atoms with E-state index in [4.69, 9.17) is 16.3 Å². The van der Waals surface area contributed by atoms with Gasteiger partial charge >= 0.3 is 78.9 Å². The topological polar surface area (TPSA) is 240 Å². The number of hydrogen-bond acceptors (Lipinski definition) is 14. The minimum atomic E-state index is -5.74. The Morgan fingerprint density at radius 3 is 1.32 bits per heavy atom. The summed E-state index contributed by atoms with van der Waals surface area (Å²) < 4.78 is 71.7. The molecular formula is C68H77ClF3KN4O12S. The Bertz CT molecular complexity index is 3840. The van der Waals surface area contributed by atoms with Gasteiger partial charge in [-0.25, -0.2) is 5.43 Å². The summed E-state index contributed by atoms with van der Waals surface area (Å²) in [6, 6.07) is 54.7. The van der Waals surface area contributed by atoms with Crippen molar-refractivity contribution in [3.63, 3.8) is 0 Å². The van der Waals surface area contributed by atoms with E-state index in [2.05, 4.69) is 53.9 Å². The molecule has 0 bridgehead atoms. The molecule has 0 saturated carbocycles. The van der Waals surface area contributed by atoms with Crippen LogP contribution in [0.2, 0.25) is 0 Å². The van der Waals surface area contributed by atoms with E-state index in [1.54, 1.807) is 50.2 Å². The number of ketones is 1. The molecule has 8 aromatic carbocycles. The fourth-order valence-corrected chi connectivity index (χ4v) is 7.88. The van der Waals surface area contributed by atoms with E-state index in [9.17, 15) is 55.5 Å². The summed E-state index contributed by atoms with van der Waals surface area (Å²) in [5, 5.41) is 27.7. The van der Waals surface area contributed by atoms with Gasteiger partial charge in [0.15, 0.2) is 5.78 Å². The van der Waals surface area contributed by atoms with E-state index >= 15 is 0 Å². The monoisotopic (exact) mass is 1300 g/mol. The molecule has 1 amide bonds. The zero-order valence-electron chi connectivity index (χ0n) is 53.0. The number of carboxylic acids is 1. The Labute approximate surface area is 572 Å². The largest absolute Gasteiger partial charge is 1.00 e. The molecule has 0 saturated heterocycles. The van der Waals surface area contributed by atoms with Gasteiger partial charge in [-0.15, -0.1) is 5.10 Å². The summed E-state index contributed by atoms with van der Waals surface area (Å²) in [5.74, 6) is -3.56. The van der Waals surface area contributed by atoms with Crippen LogP contribution in [0.5, 0.6) is 5.88 Å². The first kappa shape index (κ1) is 82.4. The molecule has 16 nitrogen and oxygen atoms in total. The minimum absolute atomic E-state index is 0. The molecular weight excluding hydrogens is 1230 g/mol. The number of rotatable bonds is 12. The molecule has 0 spiro atoms. The van der Waals surface area contributed by atoms with Crippen LogP contribution >= 0.6 is 11.6 Å². The van der Waals surface area contributed by atoms with Crippen LogP contribution in [0, 0.1) is 0 Å². The number of H-pyrrole nitrogens is 1. The number of carbonyl (C=O) groups is 6. The summed E-state index contributed by atoms with van der Waals surface area (Å²) in [4.78, 5) is 64.9. The number of nitrogens with one attached hydrogen (secondary N) is 2. The number of carboxylic acid groups (broad SMARTS) is 1. The van der Waals surface area contributed by atoms with Crippen LogP contribution in [0.1, 0.15) is 129 Å². The third-order valence-corrected chi connectivity index (χ3v) is 12.2. The summed E-state index contributed by atoms with van der Waals surface area (Å²) in [7, 11) is -5.74. The molecule has 10 rings (SSSR count). The number of ether oxygens (including phenoxy) is 2. The third kappa shape index (κ3) is 28.0. The molecule has 476 valence electrons. The van der Waals surface area contributed by atoms with Crippen molar-refractivity contribution in [3.8, 4) is 17.1 Å². The number of fused-ring (bicyclic) bond motifs is 4. The van der Waals surface area contributed by atoms with Crippen LogP contribution in [-0.4, -0.2) is 77.9 Å². The first-order chi connectivity index (χ1) is 42.7. The van der Waals surface area contributed by atoms with Crippen molar-refractivity contribution in [2.75, 3.05) is 13.2 Å². The van der Waals surface area contributed by atoms with Crippen molar-refractivity contribution in [1.29, 1.82) is 0 Å². The van der Waals surface area contributed by atoms with Gasteiger partial charge in [-0.2, -0.15) is 26.7 Å². The molecule has 0 fully saturated rings. The molecule has 1 aliphatic rings. The average Bonchev–Trinajstić information content (AvgIpc) is 3.90. The SMILES string of the molecule is CC.CC.CC.CC.CC.CCOC(=O)CC(=O)[O-].CCOC(=O)CC(=O)c1ccc2ccccc2c1.O=C(Cl)c1ccc2ccccc2c1.O=C1CC(c2ccc3ccccc3c2)=NN1.O=S(=O)(Oc1cc(-c2ccc3ccccc3c2)[nH]n1)C(F)(F)F.[K+]. The number of hydrazone groups is 1. The van der Waals surface area contributed by atoms with Gasteiger partial charge in [0.2, 0.25) is 5.91 Å². The first-order valence-corrected chi connectivity index (χ1v) is 30.6. The molecule has 9 aromatic rings. The molecule has 22 heteroatoms. The van der Waals surface area contributed by atoms with Gasteiger partial charge in [-0.3, -0.25) is 29.1 Å². The molecule has 1 aromatic heterocycles. The van der Waals surface area contributed by atoms with E-state index < -0.39 is 51.1 Å². The van der Waals surface area contributed by atoms with E-state index in [-0.39, 0.29) is 76.1 Å². The molecule has 0 atom stereocenters. The second kappa shape index (κ2) is 44.8. The van der Waals surface area contributed by atoms with Gasteiger partial charge in [0.25, 0.3) is 11.1 Å². The van der Waals surface area contributed by atoms with Crippen LogP contribution in [0.25, 0.3) is 54.3 Å². The summed E-state index contributed by atoms with van der Waals surface area (Å²) >= 11 is 5.36. The Morgan fingerprint density at radius 2 is 0.922 bits per heavy atom. The van der Waals surface area contributed by atoms with E-state index in [1.807, 2.05) is 178 Å². The van der Waals surface area contributed by atoms with E-state index in [0.717, 1.165) is 49.7 Å². The fourth-order valence-electron chi connectivity index (χ4n) is 7.36. The number of Topliss-reactive ketones (excluding diaryl/α,β-unsaturated/α-hetero) is 1. The number of amides is 1. The molecule has 2 heterocycles. The van der Waals surface area contributed by atoms with Gasteiger partial charge in [0, 0.05) is 22.8 Å². The number of aliphatic carboxylic acids is 1. The van der Waals surface area contributed by atoms with Gasteiger partial charge in [0.1, 0.15) is 6.42 Å². The number of nitrogens with zero attached hydrogens (tertiary/aromatic N) is 2. The Hall–Kier alpha value is -7.63. The van der Waals surface area contributed by atoms with Crippen molar-refractivity contribution >= 4 is 105 Å². The number of alkyl halides is 3. The van der Waals surface area contributed by atoms with Crippen LogP contribution in [-0.2, 0) is 38.8 Å². The van der Waals surface area contributed by atoms with Crippen molar-refractivity contribution < 1.29 is 121 Å². The van der Waals surface area contributed by atoms with Crippen LogP contribution < -0.4 is 66.1 Å². The van der Waals surface area contributed by atoms with Crippen molar-refractivity contribution in [3.05, 3.63) is 193 Å². The third-order valence-electron chi connectivity index (χ3n) is 11.1. The van der Waals surface area contributed by atoms with Crippen LogP contribution in [0.3, 0.4) is 0 Å². The van der Waals surface area contributed by atoms with Crippen LogP contribution in [0.15, 0.2) is 181 Å². The molecule has 2 N–H and O–H groups in total. The number of esters is 2. The van der Waals surface area contributed by atoms with E-state index in [0.29, 0.717) is 35.4 Å². The number of benzene rings is 8. The molecule has 0 aliphatic carbocycles. The van der Waals surface area contributed by atoms with Gasteiger partial charge in [-0.1, -0.05) is 209 Å².